The minimum atomic E-state index is 0.0519. The molecule has 4 nitrogen and oxygen atoms in total. The number of amides is 1. The van der Waals surface area contributed by atoms with Crippen molar-refractivity contribution in [2.75, 3.05) is 11.1 Å². The summed E-state index contributed by atoms with van der Waals surface area (Å²) in [6.07, 6.45) is 6.66. The van der Waals surface area contributed by atoms with E-state index in [-0.39, 0.29) is 5.91 Å². The monoisotopic (exact) mass is 271 g/mol. The Morgan fingerprint density at radius 3 is 2.90 bits per heavy atom. The molecule has 0 bridgehead atoms. The van der Waals surface area contributed by atoms with Gasteiger partial charge in [0.1, 0.15) is 0 Å². The molecule has 0 saturated carbocycles. The van der Waals surface area contributed by atoms with E-state index in [1.165, 1.54) is 12.8 Å². The first-order valence-electron chi connectivity index (χ1n) is 7.15. The number of unbranched alkanes of at least 4 members (excludes halogenated alkanes) is 3. The second-order valence-electron chi connectivity index (χ2n) is 4.96. The molecule has 0 radical (unpaired) electrons. The molecule has 0 saturated heterocycles. The minimum absolute atomic E-state index is 0.0519. The van der Waals surface area contributed by atoms with Crippen LogP contribution in [0.25, 0.3) is 10.9 Å². The van der Waals surface area contributed by atoms with Crippen LogP contribution in [-0.4, -0.2) is 10.9 Å². The Morgan fingerprint density at radius 1 is 1.25 bits per heavy atom. The molecule has 3 N–H and O–H groups in total. The molecule has 0 aliphatic carbocycles. The van der Waals surface area contributed by atoms with E-state index in [2.05, 4.69) is 17.2 Å². The number of carbonyl (C=O) groups is 1. The number of pyridine rings is 1. The number of rotatable bonds is 6. The normalized spacial score (nSPS) is 10.7. The summed E-state index contributed by atoms with van der Waals surface area (Å²) in [7, 11) is 0. The van der Waals surface area contributed by atoms with E-state index in [1.807, 2.05) is 18.2 Å². The molecule has 0 atom stereocenters. The Labute approximate surface area is 119 Å². The van der Waals surface area contributed by atoms with Crippen LogP contribution in [0.5, 0.6) is 0 Å². The molecule has 1 aromatic heterocycles. The lowest BCUT2D eigenvalue weighted by molar-refractivity contribution is -0.116. The van der Waals surface area contributed by atoms with Crippen molar-refractivity contribution in [2.45, 2.75) is 39.0 Å². The number of nitrogens with one attached hydrogen (secondary N) is 1. The van der Waals surface area contributed by atoms with Crippen LogP contribution in [-0.2, 0) is 4.79 Å². The van der Waals surface area contributed by atoms with E-state index in [9.17, 15) is 4.79 Å². The Balaban J connectivity index is 2.06. The number of anilines is 2. The van der Waals surface area contributed by atoms with E-state index in [4.69, 9.17) is 5.73 Å². The highest BCUT2D eigenvalue weighted by atomic mass is 16.1. The summed E-state index contributed by atoms with van der Waals surface area (Å²) in [5.41, 5.74) is 8.03. The van der Waals surface area contributed by atoms with Crippen molar-refractivity contribution in [3.63, 3.8) is 0 Å². The van der Waals surface area contributed by atoms with Gasteiger partial charge >= 0.3 is 0 Å². The van der Waals surface area contributed by atoms with Gasteiger partial charge in [-0.1, -0.05) is 26.2 Å². The molecular weight excluding hydrogens is 250 g/mol. The molecule has 106 valence electrons. The zero-order valence-corrected chi connectivity index (χ0v) is 11.9. The Kier molecular flexibility index (Phi) is 4.93. The number of aromatic nitrogens is 1. The molecule has 2 aromatic rings. The molecule has 0 spiro atoms. The predicted molar refractivity (Wildman–Crippen MR) is 83.5 cm³/mol. The number of carbonyl (C=O) groups excluding carboxylic acids is 1. The molecule has 1 amide bonds. The van der Waals surface area contributed by atoms with E-state index >= 15 is 0 Å². The lowest BCUT2D eigenvalue weighted by atomic mass is 10.1. The highest BCUT2D eigenvalue weighted by Gasteiger charge is 2.08. The van der Waals surface area contributed by atoms with E-state index < -0.39 is 0 Å². The van der Waals surface area contributed by atoms with Gasteiger partial charge in [-0.3, -0.25) is 9.78 Å². The second-order valence-corrected chi connectivity index (χ2v) is 4.96. The topological polar surface area (TPSA) is 68.0 Å². The number of nitrogen functional groups attached to an aromatic ring is 1. The highest BCUT2D eigenvalue weighted by molar-refractivity contribution is 6.04. The van der Waals surface area contributed by atoms with E-state index in [0.717, 1.165) is 29.4 Å². The molecule has 2 rings (SSSR count). The van der Waals surface area contributed by atoms with Gasteiger partial charge in [0.15, 0.2) is 0 Å². The van der Waals surface area contributed by atoms with Crippen molar-refractivity contribution in [1.29, 1.82) is 0 Å². The van der Waals surface area contributed by atoms with Crippen molar-refractivity contribution in [2.24, 2.45) is 0 Å². The first-order chi connectivity index (χ1) is 9.72. The Morgan fingerprint density at radius 2 is 2.10 bits per heavy atom. The number of fused-ring (bicyclic) bond motifs is 1. The Bertz CT molecular complexity index is 595. The summed E-state index contributed by atoms with van der Waals surface area (Å²) in [5.74, 6) is 0.0519. The molecule has 0 unspecified atom stereocenters. The summed E-state index contributed by atoms with van der Waals surface area (Å²) in [5, 5.41) is 3.84. The van der Waals surface area contributed by atoms with Gasteiger partial charge in [0.05, 0.1) is 16.9 Å². The number of nitrogens with zero attached hydrogens (tertiary/aromatic N) is 1. The maximum atomic E-state index is 11.9. The molecule has 0 fully saturated rings. The van der Waals surface area contributed by atoms with Crippen LogP contribution in [0.15, 0.2) is 30.5 Å². The van der Waals surface area contributed by atoms with Gasteiger partial charge in [-0.15, -0.1) is 0 Å². The van der Waals surface area contributed by atoms with Crippen LogP contribution >= 0.6 is 0 Å². The molecule has 1 heterocycles. The minimum Gasteiger partial charge on any atom is -0.397 e. The lowest BCUT2D eigenvalue weighted by Crippen LogP contribution is -2.11. The van der Waals surface area contributed by atoms with Crippen LogP contribution in [0.2, 0.25) is 0 Å². The van der Waals surface area contributed by atoms with E-state index in [1.54, 1.807) is 12.3 Å². The van der Waals surface area contributed by atoms with Crippen LogP contribution in [0.3, 0.4) is 0 Å². The number of benzene rings is 1. The summed E-state index contributed by atoms with van der Waals surface area (Å²) >= 11 is 0. The van der Waals surface area contributed by atoms with Gasteiger partial charge in [0, 0.05) is 18.0 Å². The molecule has 4 heteroatoms. The van der Waals surface area contributed by atoms with Crippen LogP contribution in [0.4, 0.5) is 11.4 Å². The van der Waals surface area contributed by atoms with Crippen molar-refractivity contribution < 1.29 is 4.79 Å². The fourth-order valence-corrected chi connectivity index (χ4v) is 2.23. The summed E-state index contributed by atoms with van der Waals surface area (Å²) in [6, 6.07) is 7.38. The molecule has 0 aliphatic heterocycles. The first-order valence-corrected chi connectivity index (χ1v) is 7.15. The molecule has 0 aliphatic rings. The average Bonchev–Trinajstić information content (AvgIpc) is 2.47. The van der Waals surface area contributed by atoms with Gasteiger partial charge in [0.2, 0.25) is 5.91 Å². The summed E-state index contributed by atoms with van der Waals surface area (Å²) < 4.78 is 0. The second kappa shape index (κ2) is 6.89. The lowest BCUT2D eigenvalue weighted by Gasteiger charge is -2.09. The zero-order valence-electron chi connectivity index (χ0n) is 11.9. The SMILES string of the molecule is CCCCCCC(=O)Nc1ccc(N)c2ncccc12. The third-order valence-electron chi connectivity index (χ3n) is 3.33. The third-order valence-corrected chi connectivity index (χ3v) is 3.33. The highest BCUT2D eigenvalue weighted by Crippen LogP contribution is 2.26. The van der Waals surface area contributed by atoms with Crippen molar-refractivity contribution in [3.8, 4) is 0 Å². The van der Waals surface area contributed by atoms with Crippen LogP contribution < -0.4 is 11.1 Å². The van der Waals surface area contributed by atoms with Crippen LogP contribution in [0.1, 0.15) is 39.0 Å². The van der Waals surface area contributed by atoms with Gasteiger partial charge in [-0.2, -0.15) is 0 Å². The van der Waals surface area contributed by atoms with Gasteiger partial charge in [0.25, 0.3) is 0 Å². The average molecular weight is 271 g/mol. The van der Waals surface area contributed by atoms with Crippen LogP contribution in [0, 0.1) is 0 Å². The maximum Gasteiger partial charge on any atom is 0.224 e. The summed E-state index contributed by atoms with van der Waals surface area (Å²) in [6.45, 7) is 2.16. The number of nitrogens with two attached hydrogens (primary N) is 1. The number of hydrogen-bond acceptors (Lipinski definition) is 3. The Hall–Kier alpha value is -2.10. The third kappa shape index (κ3) is 3.47. The molecule has 20 heavy (non-hydrogen) atoms. The zero-order chi connectivity index (χ0) is 14.4. The fraction of sp³-hybridized carbons (Fsp3) is 0.375. The van der Waals surface area contributed by atoms with Crippen molar-refractivity contribution in [3.05, 3.63) is 30.5 Å². The van der Waals surface area contributed by atoms with Crippen molar-refractivity contribution in [1.82, 2.24) is 4.98 Å². The summed E-state index contributed by atoms with van der Waals surface area (Å²) in [4.78, 5) is 16.2. The van der Waals surface area contributed by atoms with Gasteiger partial charge in [-0.05, 0) is 30.7 Å². The van der Waals surface area contributed by atoms with Gasteiger partial charge in [-0.25, -0.2) is 0 Å². The standard InChI is InChI=1S/C16H21N3O/c1-2-3-4-5-8-15(20)19-14-10-9-13(17)16-12(14)7-6-11-18-16/h6-7,9-11H,2-5,8,17H2,1H3,(H,19,20). The molecule has 1 aromatic carbocycles. The molecular formula is C16H21N3O. The number of hydrogen-bond donors (Lipinski definition) is 2. The maximum absolute atomic E-state index is 11.9. The smallest absolute Gasteiger partial charge is 0.224 e. The predicted octanol–water partition coefficient (Wildman–Crippen LogP) is 3.73. The van der Waals surface area contributed by atoms with E-state index in [0.29, 0.717) is 12.1 Å². The quantitative estimate of drug-likeness (QED) is 0.621. The van der Waals surface area contributed by atoms with Crippen molar-refractivity contribution >= 4 is 28.2 Å². The largest absolute Gasteiger partial charge is 0.397 e. The first kappa shape index (κ1) is 14.3. The van der Waals surface area contributed by atoms with Gasteiger partial charge < -0.3 is 11.1 Å². The fourth-order valence-electron chi connectivity index (χ4n) is 2.23.